The minimum absolute atomic E-state index is 0.140. The molecule has 3 aromatic carbocycles. The van der Waals surface area contributed by atoms with Crippen LogP contribution in [-0.4, -0.2) is 46.1 Å². The van der Waals surface area contributed by atoms with Crippen molar-refractivity contribution in [2.45, 2.75) is 0 Å². The maximum atomic E-state index is 9.83. The van der Waals surface area contributed by atoms with E-state index in [4.69, 9.17) is 14.8 Å². The molecule has 2 heterocycles. The van der Waals surface area contributed by atoms with E-state index in [2.05, 4.69) is 16.0 Å². The molecular formula is C23H21N5O2. The first-order valence-electron chi connectivity index (χ1n) is 9.58. The largest absolute Gasteiger partial charge is 0.508 e. The van der Waals surface area contributed by atoms with E-state index in [1.165, 1.54) is 0 Å². The average molecular weight is 399 g/mol. The Balaban J connectivity index is 1.73. The van der Waals surface area contributed by atoms with E-state index in [-0.39, 0.29) is 5.75 Å². The maximum Gasteiger partial charge on any atom is 0.159 e. The molecule has 2 N–H and O–H groups in total. The van der Waals surface area contributed by atoms with Crippen LogP contribution in [0.15, 0.2) is 60.7 Å². The lowest BCUT2D eigenvalue weighted by atomic mass is 10.2. The van der Waals surface area contributed by atoms with Gasteiger partial charge in [-0.1, -0.05) is 18.2 Å². The number of fused-ring (bicyclic) bond motifs is 2. The number of imidazole rings is 1. The number of aromatic hydroxyl groups is 1. The summed E-state index contributed by atoms with van der Waals surface area (Å²) in [6.45, 7) is 0. The summed E-state index contributed by atoms with van der Waals surface area (Å²) in [4.78, 5) is 10.2. The third-order valence-electron chi connectivity index (χ3n) is 5.19. The van der Waals surface area contributed by atoms with Gasteiger partial charge < -0.3 is 19.7 Å². The van der Waals surface area contributed by atoms with Gasteiger partial charge in [-0.3, -0.25) is 0 Å². The Labute approximate surface area is 173 Å². The van der Waals surface area contributed by atoms with Gasteiger partial charge in [0.25, 0.3) is 0 Å². The summed E-state index contributed by atoms with van der Waals surface area (Å²) in [6, 6.07) is 19.1. The lowest BCUT2D eigenvalue weighted by molar-refractivity contribution is 0.405. The lowest BCUT2D eigenvalue weighted by Crippen LogP contribution is -2.07. The first-order valence-corrected chi connectivity index (χ1v) is 9.58. The molecule has 0 spiro atoms. The van der Waals surface area contributed by atoms with Crippen LogP contribution >= 0.6 is 0 Å². The minimum atomic E-state index is 0.140. The molecule has 0 aliphatic heterocycles. The summed E-state index contributed by atoms with van der Waals surface area (Å²) in [5.74, 6) is 1.38. The lowest BCUT2D eigenvalue weighted by Gasteiger charge is -2.11. The number of ether oxygens (including phenoxy) is 1. The van der Waals surface area contributed by atoms with Crippen LogP contribution in [0.3, 0.4) is 0 Å². The van der Waals surface area contributed by atoms with Gasteiger partial charge in [0.1, 0.15) is 22.9 Å². The summed E-state index contributed by atoms with van der Waals surface area (Å²) in [5.41, 5.74) is 5.36. The zero-order chi connectivity index (χ0) is 20.8. The SMILES string of the molecule is COc1cc(O)ccc1-n1nc(-c2nc3ccc(N(C)C)cc3[nH]2)c2ccccc21. The number of H-pyrrole nitrogens is 1. The molecule has 5 aromatic rings. The molecule has 7 nitrogen and oxygen atoms in total. The molecular weight excluding hydrogens is 378 g/mol. The summed E-state index contributed by atoms with van der Waals surface area (Å²) < 4.78 is 7.30. The predicted octanol–water partition coefficient (Wildman–Crippen LogP) is 4.35. The molecule has 7 heteroatoms. The van der Waals surface area contributed by atoms with Gasteiger partial charge in [-0.05, 0) is 36.4 Å². The summed E-state index contributed by atoms with van der Waals surface area (Å²) in [6.07, 6.45) is 0. The molecule has 0 saturated heterocycles. The van der Waals surface area contributed by atoms with Crippen molar-refractivity contribution in [3.8, 4) is 28.7 Å². The molecule has 0 aliphatic carbocycles. The smallest absolute Gasteiger partial charge is 0.159 e. The number of phenols is 1. The van der Waals surface area contributed by atoms with Crippen molar-refractivity contribution in [2.24, 2.45) is 0 Å². The Morgan fingerprint density at radius 3 is 2.67 bits per heavy atom. The number of hydrogen-bond acceptors (Lipinski definition) is 5. The number of anilines is 1. The fourth-order valence-corrected chi connectivity index (χ4v) is 3.65. The van der Waals surface area contributed by atoms with Gasteiger partial charge in [0, 0.05) is 31.2 Å². The quantitative estimate of drug-likeness (QED) is 0.470. The predicted molar refractivity (Wildman–Crippen MR) is 119 cm³/mol. The van der Waals surface area contributed by atoms with Crippen LogP contribution in [0.25, 0.3) is 39.1 Å². The van der Waals surface area contributed by atoms with Gasteiger partial charge in [0.2, 0.25) is 0 Å². The topological polar surface area (TPSA) is 79.2 Å². The number of aromatic amines is 1. The Morgan fingerprint density at radius 1 is 1.03 bits per heavy atom. The minimum Gasteiger partial charge on any atom is -0.508 e. The third-order valence-corrected chi connectivity index (χ3v) is 5.19. The Kier molecular flexibility index (Phi) is 4.10. The molecule has 0 amide bonds. The van der Waals surface area contributed by atoms with Crippen molar-refractivity contribution in [3.05, 3.63) is 60.7 Å². The number of benzene rings is 3. The van der Waals surface area contributed by atoms with Crippen molar-refractivity contribution < 1.29 is 9.84 Å². The van der Waals surface area contributed by atoms with Gasteiger partial charge in [-0.2, -0.15) is 5.10 Å². The summed E-state index contributed by atoms with van der Waals surface area (Å²) >= 11 is 0. The first kappa shape index (κ1) is 18.1. The molecule has 5 rings (SSSR count). The van der Waals surface area contributed by atoms with E-state index in [0.29, 0.717) is 11.6 Å². The standard InChI is InChI=1S/C23H21N5O2/c1-27(2)14-8-10-17-18(12-14)25-23(24-17)22-16-6-4-5-7-19(16)28(26-22)20-11-9-15(29)13-21(20)30-3/h4-13,29H,1-3H3,(H,24,25). The molecule has 0 aliphatic rings. The van der Waals surface area contributed by atoms with Crippen molar-refractivity contribution in [1.29, 1.82) is 0 Å². The molecule has 2 aromatic heterocycles. The van der Waals surface area contributed by atoms with E-state index in [1.807, 2.05) is 55.2 Å². The van der Waals surface area contributed by atoms with Crippen LogP contribution < -0.4 is 9.64 Å². The molecule has 0 bridgehead atoms. The van der Waals surface area contributed by atoms with Crippen LogP contribution in [0.4, 0.5) is 5.69 Å². The fraction of sp³-hybridized carbons (Fsp3) is 0.130. The van der Waals surface area contributed by atoms with Gasteiger partial charge in [0.05, 0.1) is 23.7 Å². The summed E-state index contributed by atoms with van der Waals surface area (Å²) in [5, 5.41) is 15.7. The van der Waals surface area contributed by atoms with E-state index in [1.54, 1.807) is 25.3 Å². The number of para-hydroxylation sites is 1. The highest BCUT2D eigenvalue weighted by Crippen LogP contribution is 2.34. The van der Waals surface area contributed by atoms with E-state index in [0.717, 1.165) is 39.0 Å². The number of phenolic OH excluding ortho intramolecular Hbond substituents is 1. The van der Waals surface area contributed by atoms with Crippen molar-refractivity contribution in [3.63, 3.8) is 0 Å². The molecule has 0 radical (unpaired) electrons. The first-order chi connectivity index (χ1) is 14.5. The number of rotatable bonds is 4. The van der Waals surface area contributed by atoms with Crippen LogP contribution in [-0.2, 0) is 0 Å². The number of methoxy groups -OCH3 is 1. The highest BCUT2D eigenvalue weighted by atomic mass is 16.5. The number of nitrogens with one attached hydrogen (secondary N) is 1. The van der Waals surface area contributed by atoms with Crippen LogP contribution in [0.2, 0.25) is 0 Å². The van der Waals surface area contributed by atoms with E-state index < -0.39 is 0 Å². The second-order valence-corrected chi connectivity index (χ2v) is 7.32. The Bertz CT molecular complexity index is 1380. The molecule has 0 saturated carbocycles. The molecule has 150 valence electrons. The average Bonchev–Trinajstić information content (AvgIpc) is 3.34. The zero-order valence-corrected chi connectivity index (χ0v) is 16.9. The normalized spacial score (nSPS) is 11.3. The van der Waals surface area contributed by atoms with Crippen LogP contribution in [0.1, 0.15) is 0 Å². The summed E-state index contributed by atoms with van der Waals surface area (Å²) in [7, 11) is 5.60. The van der Waals surface area contributed by atoms with Crippen LogP contribution in [0, 0.1) is 0 Å². The molecule has 0 fully saturated rings. The fourth-order valence-electron chi connectivity index (χ4n) is 3.65. The monoisotopic (exact) mass is 399 g/mol. The van der Waals surface area contributed by atoms with Crippen molar-refractivity contribution in [1.82, 2.24) is 19.7 Å². The van der Waals surface area contributed by atoms with Gasteiger partial charge in [0.15, 0.2) is 5.82 Å². The third kappa shape index (κ3) is 2.83. The van der Waals surface area contributed by atoms with E-state index in [9.17, 15) is 5.11 Å². The number of hydrogen-bond donors (Lipinski definition) is 2. The second kappa shape index (κ2) is 6.81. The van der Waals surface area contributed by atoms with Gasteiger partial charge >= 0.3 is 0 Å². The molecule has 0 unspecified atom stereocenters. The molecule has 0 atom stereocenters. The highest BCUT2D eigenvalue weighted by molar-refractivity contribution is 5.95. The second-order valence-electron chi connectivity index (χ2n) is 7.32. The van der Waals surface area contributed by atoms with Crippen molar-refractivity contribution in [2.75, 3.05) is 26.1 Å². The number of nitrogens with zero attached hydrogens (tertiary/aromatic N) is 4. The Hall–Kier alpha value is -4.00. The maximum absolute atomic E-state index is 9.83. The van der Waals surface area contributed by atoms with Gasteiger partial charge in [-0.25, -0.2) is 9.67 Å². The van der Waals surface area contributed by atoms with E-state index >= 15 is 0 Å². The van der Waals surface area contributed by atoms with Crippen molar-refractivity contribution >= 4 is 27.6 Å². The number of aromatic nitrogens is 4. The highest BCUT2D eigenvalue weighted by Gasteiger charge is 2.18. The van der Waals surface area contributed by atoms with Crippen LogP contribution in [0.5, 0.6) is 11.5 Å². The zero-order valence-electron chi connectivity index (χ0n) is 16.9. The molecule has 30 heavy (non-hydrogen) atoms. The Morgan fingerprint density at radius 2 is 1.87 bits per heavy atom. The van der Waals surface area contributed by atoms with Gasteiger partial charge in [-0.15, -0.1) is 0 Å².